The first-order chi connectivity index (χ1) is 10.7. The summed E-state index contributed by atoms with van der Waals surface area (Å²) < 4.78 is 27.1. The number of nitrogens with one attached hydrogen (secondary N) is 1. The van der Waals surface area contributed by atoms with Crippen LogP contribution in [-0.2, 0) is 21.2 Å². The van der Waals surface area contributed by atoms with Crippen LogP contribution in [0.2, 0.25) is 0 Å². The number of rotatable bonds is 6. The lowest BCUT2D eigenvalue weighted by atomic mass is 10.1. The standard InChI is InChI=1S/C16H20N2O4S/c1-11-10-13(17-23(3,21)22)5-8-15(11)18-12(2)4-6-14(18)7-9-16(19)20/h4-6,8,10,17H,7,9H2,1-3H3,(H,19,20). The molecule has 0 unspecified atom stereocenters. The zero-order valence-electron chi connectivity index (χ0n) is 13.3. The average Bonchev–Trinajstić information content (AvgIpc) is 2.76. The Hall–Kier alpha value is -2.28. The molecule has 0 radical (unpaired) electrons. The summed E-state index contributed by atoms with van der Waals surface area (Å²) in [4.78, 5) is 10.8. The van der Waals surface area contributed by atoms with Crippen molar-refractivity contribution in [3.05, 3.63) is 47.3 Å². The summed E-state index contributed by atoms with van der Waals surface area (Å²) in [7, 11) is -3.32. The van der Waals surface area contributed by atoms with Crippen LogP contribution in [0.3, 0.4) is 0 Å². The topological polar surface area (TPSA) is 88.4 Å². The van der Waals surface area contributed by atoms with E-state index < -0.39 is 16.0 Å². The van der Waals surface area contributed by atoms with Gasteiger partial charge in [-0.1, -0.05) is 0 Å². The van der Waals surface area contributed by atoms with E-state index in [0.717, 1.165) is 28.9 Å². The molecule has 1 aromatic carbocycles. The Balaban J connectivity index is 2.39. The Morgan fingerprint density at radius 2 is 1.91 bits per heavy atom. The Morgan fingerprint density at radius 3 is 2.48 bits per heavy atom. The molecular weight excluding hydrogens is 316 g/mol. The van der Waals surface area contributed by atoms with Crippen molar-refractivity contribution in [2.75, 3.05) is 11.0 Å². The van der Waals surface area contributed by atoms with Gasteiger partial charge >= 0.3 is 5.97 Å². The van der Waals surface area contributed by atoms with Crippen molar-refractivity contribution >= 4 is 21.7 Å². The van der Waals surface area contributed by atoms with Gasteiger partial charge in [0.2, 0.25) is 10.0 Å². The van der Waals surface area contributed by atoms with E-state index in [1.54, 1.807) is 12.1 Å². The van der Waals surface area contributed by atoms with Gasteiger partial charge in [-0.15, -0.1) is 0 Å². The molecule has 0 saturated heterocycles. The number of aryl methyl sites for hydroxylation is 3. The summed E-state index contributed by atoms with van der Waals surface area (Å²) in [6.07, 6.45) is 1.61. The van der Waals surface area contributed by atoms with Crippen molar-refractivity contribution in [2.45, 2.75) is 26.7 Å². The first-order valence-electron chi connectivity index (χ1n) is 7.15. The van der Waals surface area contributed by atoms with E-state index in [0.29, 0.717) is 12.1 Å². The van der Waals surface area contributed by atoms with E-state index in [1.165, 1.54) is 0 Å². The summed E-state index contributed by atoms with van der Waals surface area (Å²) in [5, 5.41) is 8.87. The quantitative estimate of drug-likeness (QED) is 0.848. The van der Waals surface area contributed by atoms with Crippen molar-refractivity contribution in [1.82, 2.24) is 4.57 Å². The predicted octanol–water partition coefficient (Wildman–Crippen LogP) is 2.48. The van der Waals surface area contributed by atoms with Crippen LogP contribution in [0.1, 0.15) is 23.4 Å². The van der Waals surface area contributed by atoms with Crippen molar-refractivity contribution in [2.24, 2.45) is 0 Å². The van der Waals surface area contributed by atoms with Gasteiger partial charge in [-0.05, 0) is 56.2 Å². The second-order valence-electron chi connectivity index (χ2n) is 5.57. The monoisotopic (exact) mass is 336 g/mol. The highest BCUT2D eigenvalue weighted by atomic mass is 32.2. The van der Waals surface area contributed by atoms with Gasteiger partial charge in [0, 0.05) is 22.8 Å². The number of sulfonamides is 1. The smallest absolute Gasteiger partial charge is 0.303 e. The average molecular weight is 336 g/mol. The molecule has 0 amide bonds. The molecule has 6 nitrogen and oxygen atoms in total. The second-order valence-corrected chi connectivity index (χ2v) is 7.32. The van der Waals surface area contributed by atoms with Crippen molar-refractivity contribution in [1.29, 1.82) is 0 Å². The number of hydrogen-bond donors (Lipinski definition) is 2. The third-order valence-electron chi connectivity index (χ3n) is 3.49. The molecule has 0 saturated carbocycles. The van der Waals surface area contributed by atoms with E-state index in [4.69, 9.17) is 5.11 Å². The zero-order chi connectivity index (χ0) is 17.2. The minimum atomic E-state index is -3.32. The number of anilines is 1. The summed E-state index contributed by atoms with van der Waals surface area (Å²) in [6.45, 7) is 3.84. The molecule has 0 bridgehead atoms. The van der Waals surface area contributed by atoms with Crippen LogP contribution in [0.4, 0.5) is 5.69 Å². The number of aliphatic carboxylic acids is 1. The SMILES string of the molecule is Cc1cc(NS(C)(=O)=O)ccc1-n1c(C)ccc1CCC(=O)O. The molecule has 1 aromatic heterocycles. The number of aromatic nitrogens is 1. The minimum Gasteiger partial charge on any atom is -0.481 e. The van der Waals surface area contributed by atoms with E-state index in [9.17, 15) is 13.2 Å². The molecule has 2 rings (SSSR count). The summed E-state index contributed by atoms with van der Waals surface area (Å²) in [5.41, 5.74) is 4.22. The van der Waals surface area contributed by atoms with Gasteiger partial charge in [0.15, 0.2) is 0 Å². The number of benzene rings is 1. The summed E-state index contributed by atoms with van der Waals surface area (Å²) in [5.74, 6) is -0.833. The Kier molecular flexibility index (Phi) is 4.79. The lowest BCUT2D eigenvalue weighted by Crippen LogP contribution is -2.11. The molecule has 7 heteroatoms. The molecule has 2 N–H and O–H groups in total. The number of carboxylic acid groups (broad SMARTS) is 1. The van der Waals surface area contributed by atoms with Crippen LogP contribution < -0.4 is 4.72 Å². The highest BCUT2D eigenvalue weighted by Gasteiger charge is 2.12. The third-order valence-corrected chi connectivity index (χ3v) is 4.10. The maximum Gasteiger partial charge on any atom is 0.303 e. The van der Waals surface area contributed by atoms with Crippen molar-refractivity contribution in [3.8, 4) is 5.69 Å². The fraction of sp³-hybridized carbons (Fsp3) is 0.312. The molecule has 124 valence electrons. The molecule has 1 heterocycles. The van der Waals surface area contributed by atoms with Crippen molar-refractivity contribution < 1.29 is 18.3 Å². The van der Waals surface area contributed by atoms with Gasteiger partial charge in [-0.2, -0.15) is 0 Å². The number of hydrogen-bond acceptors (Lipinski definition) is 3. The molecule has 0 spiro atoms. The molecule has 0 atom stereocenters. The maximum absolute atomic E-state index is 11.3. The van der Waals surface area contributed by atoms with Gasteiger partial charge in [0.25, 0.3) is 0 Å². The highest BCUT2D eigenvalue weighted by Crippen LogP contribution is 2.24. The van der Waals surface area contributed by atoms with Crippen LogP contribution in [-0.4, -0.2) is 30.3 Å². The van der Waals surface area contributed by atoms with Gasteiger partial charge in [-0.3, -0.25) is 9.52 Å². The third kappa shape index (κ3) is 4.35. The number of nitrogens with zero attached hydrogens (tertiary/aromatic N) is 1. The van der Waals surface area contributed by atoms with E-state index in [2.05, 4.69) is 4.72 Å². The van der Waals surface area contributed by atoms with Gasteiger partial charge in [0.1, 0.15) is 0 Å². The highest BCUT2D eigenvalue weighted by molar-refractivity contribution is 7.92. The van der Waals surface area contributed by atoms with Gasteiger partial charge in [0.05, 0.1) is 12.7 Å². The molecule has 0 aliphatic rings. The largest absolute Gasteiger partial charge is 0.481 e. The lowest BCUT2D eigenvalue weighted by Gasteiger charge is -2.15. The van der Waals surface area contributed by atoms with Crippen LogP contribution in [0.5, 0.6) is 0 Å². The molecule has 23 heavy (non-hydrogen) atoms. The first-order valence-corrected chi connectivity index (χ1v) is 9.04. The lowest BCUT2D eigenvalue weighted by molar-refractivity contribution is -0.136. The van der Waals surface area contributed by atoms with Crippen LogP contribution in [0, 0.1) is 13.8 Å². The predicted molar refractivity (Wildman–Crippen MR) is 89.7 cm³/mol. The molecule has 0 aliphatic heterocycles. The second kappa shape index (κ2) is 6.45. The van der Waals surface area contributed by atoms with Crippen LogP contribution in [0.25, 0.3) is 5.69 Å². The molecule has 0 aliphatic carbocycles. The molecule has 2 aromatic rings. The fourth-order valence-electron chi connectivity index (χ4n) is 2.55. The number of carbonyl (C=O) groups is 1. The Labute approximate surface area is 135 Å². The summed E-state index contributed by atoms with van der Waals surface area (Å²) in [6, 6.07) is 9.15. The zero-order valence-corrected chi connectivity index (χ0v) is 14.1. The van der Waals surface area contributed by atoms with Crippen molar-refractivity contribution in [3.63, 3.8) is 0 Å². The Morgan fingerprint density at radius 1 is 1.22 bits per heavy atom. The van der Waals surface area contributed by atoms with E-state index >= 15 is 0 Å². The normalized spacial score (nSPS) is 11.4. The minimum absolute atomic E-state index is 0.0657. The fourth-order valence-corrected chi connectivity index (χ4v) is 3.11. The number of carboxylic acids is 1. The van der Waals surface area contributed by atoms with Crippen LogP contribution in [0.15, 0.2) is 30.3 Å². The molecular formula is C16H20N2O4S. The molecule has 0 fully saturated rings. The summed E-state index contributed by atoms with van der Waals surface area (Å²) >= 11 is 0. The first kappa shape index (κ1) is 17.1. The van der Waals surface area contributed by atoms with E-state index in [1.807, 2.05) is 36.6 Å². The van der Waals surface area contributed by atoms with Gasteiger partial charge in [-0.25, -0.2) is 8.42 Å². The van der Waals surface area contributed by atoms with Crippen LogP contribution >= 0.6 is 0 Å². The maximum atomic E-state index is 11.3. The van der Waals surface area contributed by atoms with E-state index in [-0.39, 0.29) is 6.42 Å². The van der Waals surface area contributed by atoms with Gasteiger partial charge < -0.3 is 9.67 Å². The Bertz CT molecular complexity index is 838.